The van der Waals surface area contributed by atoms with Gasteiger partial charge in [0, 0.05) is 6.42 Å². The van der Waals surface area contributed by atoms with Crippen LogP contribution in [0.4, 0.5) is 0 Å². The zero-order valence-corrected chi connectivity index (χ0v) is 6.10. The average molecular weight is 136 g/mol. The minimum atomic E-state index is 0.445. The average Bonchev–Trinajstić information content (AvgIpc) is 1.97. The summed E-state index contributed by atoms with van der Waals surface area (Å²) >= 11 is 0. The summed E-state index contributed by atoms with van der Waals surface area (Å²) in [5, 5.41) is 0. The van der Waals surface area contributed by atoms with Crippen LogP contribution in [0.25, 0.3) is 0 Å². The number of unbranched alkanes of at least 4 members (excludes halogenated alkanes) is 1. The molecule has 0 aliphatic carbocycles. The monoisotopic (exact) mass is 136 g/mol. The van der Waals surface area contributed by atoms with Gasteiger partial charge in [-0.2, -0.15) is 0 Å². The number of hydrogen-bond acceptors (Lipinski definition) is 1. The van der Waals surface area contributed by atoms with Gasteiger partial charge in [-0.3, -0.25) is 0 Å². The molecule has 1 heteroatoms. The van der Waals surface area contributed by atoms with E-state index in [1.54, 1.807) is 0 Å². The van der Waals surface area contributed by atoms with Gasteiger partial charge in [-0.1, -0.05) is 24.5 Å². The van der Waals surface area contributed by atoms with Gasteiger partial charge in [-0.05, 0) is 6.42 Å². The highest BCUT2D eigenvalue weighted by molar-refractivity contribution is 5.00. The first kappa shape index (κ1) is 8.84. The molecule has 0 fully saturated rings. The van der Waals surface area contributed by atoms with E-state index in [-0.39, 0.29) is 0 Å². The molecule has 0 saturated carbocycles. The lowest BCUT2D eigenvalue weighted by molar-refractivity contribution is 0.298. The molecule has 1 nitrogen and oxygen atoms in total. The Morgan fingerprint density at radius 1 is 1.30 bits per heavy atom. The predicted octanol–water partition coefficient (Wildman–Crippen LogP) is 2.12. The second-order valence-corrected chi connectivity index (χ2v) is 1.66. The number of rotatable bonds is 4. The Bertz CT molecular complexity index is 132. The molecule has 54 valence electrons. The van der Waals surface area contributed by atoms with Crippen molar-refractivity contribution in [3.63, 3.8) is 0 Å². The highest BCUT2D eigenvalue weighted by Gasteiger charge is 1.72. The standard InChI is InChI=1S/C9H12O/c1-3-5-6-7-8-9-10-4-2/h3-4H,1-2,5-6,9H2. The molecule has 0 unspecified atom stereocenters. The molecule has 0 spiro atoms. The molecule has 0 rings (SSSR count). The van der Waals surface area contributed by atoms with Crippen LogP contribution in [0.15, 0.2) is 25.5 Å². The second kappa shape index (κ2) is 7.84. The van der Waals surface area contributed by atoms with Gasteiger partial charge in [0.2, 0.25) is 0 Å². The molecule has 0 saturated heterocycles. The van der Waals surface area contributed by atoms with E-state index in [9.17, 15) is 0 Å². The van der Waals surface area contributed by atoms with Crippen molar-refractivity contribution < 1.29 is 4.74 Å². The fraction of sp³-hybridized carbons (Fsp3) is 0.333. The molecule has 0 aromatic rings. The van der Waals surface area contributed by atoms with Crippen molar-refractivity contribution in [3.05, 3.63) is 25.5 Å². The van der Waals surface area contributed by atoms with Crippen LogP contribution < -0.4 is 0 Å². The van der Waals surface area contributed by atoms with Crippen LogP contribution in [0, 0.1) is 11.8 Å². The first-order chi connectivity index (χ1) is 4.91. The maximum absolute atomic E-state index is 4.78. The van der Waals surface area contributed by atoms with E-state index >= 15 is 0 Å². The quantitative estimate of drug-likeness (QED) is 0.249. The SMILES string of the molecule is C=CCCC#CCOC=C. The van der Waals surface area contributed by atoms with E-state index in [1.807, 2.05) is 6.08 Å². The second-order valence-electron chi connectivity index (χ2n) is 1.66. The molecule has 0 N–H and O–H groups in total. The summed E-state index contributed by atoms with van der Waals surface area (Å²) in [4.78, 5) is 0. The summed E-state index contributed by atoms with van der Waals surface area (Å²) in [6, 6.07) is 0. The van der Waals surface area contributed by atoms with Crippen molar-refractivity contribution in [2.75, 3.05) is 6.61 Å². The van der Waals surface area contributed by atoms with Crippen molar-refractivity contribution in [2.24, 2.45) is 0 Å². The fourth-order valence-electron chi connectivity index (χ4n) is 0.414. The minimum Gasteiger partial charge on any atom is -0.489 e. The number of allylic oxidation sites excluding steroid dienone is 1. The van der Waals surface area contributed by atoms with E-state index in [1.165, 1.54) is 6.26 Å². The fourth-order valence-corrected chi connectivity index (χ4v) is 0.414. The molecule has 0 aliphatic rings. The Labute approximate surface area is 62.4 Å². The first-order valence-electron chi connectivity index (χ1n) is 3.21. The van der Waals surface area contributed by atoms with Gasteiger partial charge in [0.25, 0.3) is 0 Å². The van der Waals surface area contributed by atoms with Crippen LogP contribution in [0.2, 0.25) is 0 Å². The third kappa shape index (κ3) is 6.84. The van der Waals surface area contributed by atoms with Gasteiger partial charge in [0.1, 0.15) is 6.61 Å². The van der Waals surface area contributed by atoms with Crippen LogP contribution >= 0.6 is 0 Å². The molecular formula is C9H12O. The van der Waals surface area contributed by atoms with Crippen LogP contribution in [-0.4, -0.2) is 6.61 Å². The van der Waals surface area contributed by atoms with E-state index in [0.717, 1.165) is 12.8 Å². The van der Waals surface area contributed by atoms with Crippen molar-refractivity contribution in [1.82, 2.24) is 0 Å². The predicted molar refractivity (Wildman–Crippen MR) is 43.4 cm³/mol. The van der Waals surface area contributed by atoms with E-state index in [0.29, 0.717) is 6.61 Å². The van der Waals surface area contributed by atoms with Gasteiger partial charge >= 0.3 is 0 Å². The largest absolute Gasteiger partial charge is 0.489 e. The Balaban J connectivity index is 3.13. The van der Waals surface area contributed by atoms with Gasteiger partial charge < -0.3 is 4.74 Å². The zero-order chi connectivity index (χ0) is 7.66. The van der Waals surface area contributed by atoms with Gasteiger partial charge in [-0.25, -0.2) is 0 Å². The summed E-state index contributed by atoms with van der Waals surface area (Å²) in [7, 11) is 0. The third-order valence-corrected chi connectivity index (χ3v) is 0.872. The summed E-state index contributed by atoms with van der Waals surface area (Å²) in [6.07, 6.45) is 5.05. The van der Waals surface area contributed by atoms with Crippen LogP contribution in [0.3, 0.4) is 0 Å². The molecule has 0 amide bonds. The van der Waals surface area contributed by atoms with Gasteiger partial charge in [0.15, 0.2) is 0 Å². The van der Waals surface area contributed by atoms with Crippen molar-refractivity contribution in [1.29, 1.82) is 0 Å². The van der Waals surface area contributed by atoms with E-state index in [2.05, 4.69) is 25.0 Å². The summed E-state index contributed by atoms with van der Waals surface area (Å²) < 4.78 is 4.78. The van der Waals surface area contributed by atoms with Crippen molar-refractivity contribution >= 4 is 0 Å². The summed E-state index contributed by atoms with van der Waals surface area (Å²) in [6.45, 7) is 7.41. The normalized spacial score (nSPS) is 7.20. The first-order valence-corrected chi connectivity index (χ1v) is 3.21. The number of hydrogen-bond donors (Lipinski definition) is 0. The topological polar surface area (TPSA) is 9.23 Å². The van der Waals surface area contributed by atoms with Crippen LogP contribution in [-0.2, 0) is 4.74 Å². The lowest BCUT2D eigenvalue weighted by Gasteiger charge is -1.86. The Morgan fingerprint density at radius 3 is 2.70 bits per heavy atom. The minimum absolute atomic E-state index is 0.445. The molecular weight excluding hydrogens is 124 g/mol. The van der Waals surface area contributed by atoms with Crippen LogP contribution in [0.5, 0.6) is 0 Å². The molecule has 0 heterocycles. The molecule has 0 aliphatic heterocycles. The maximum Gasteiger partial charge on any atom is 0.148 e. The highest BCUT2D eigenvalue weighted by atomic mass is 16.5. The maximum atomic E-state index is 4.78. The summed E-state index contributed by atoms with van der Waals surface area (Å²) in [5.74, 6) is 5.76. The van der Waals surface area contributed by atoms with Crippen molar-refractivity contribution in [3.8, 4) is 11.8 Å². The molecule has 0 atom stereocenters. The Morgan fingerprint density at radius 2 is 2.10 bits per heavy atom. The molecule has 0 bridgehead atoms. The Hall–Kier alpha value is -1.16. The summed E-state index contributed by atoms with van der Waals surface area (Å²) in [5.41, 5.74) is 0. The Kier molecular flexibility index (Phi) is 6.93. The molecule has 0 aromatic heterocycles. The molecule has 0 aromatic carbocycles. The molecule has 0 radical (unpaired) electrons. The zero-order valence-electron chi connectivity index (χ0n) is 6.10. The lowest BCUT2D eigenvalue weighted by atomic mass is 10.3. The van der Waals surface area contributed by atoms with Gasteiger partial charge in [0.05, 0.1) is 6.26 Å². The van der Waals surface area contributed by atoms with E-state index in [4.69, 9.17) is 4.74 Å². The smallest absolute Gasteiger partial charge is 0.148 e. The van der Waals surface area contributed by atoms with Gasteiger partial charge in [-0.15, -0.1) is 6.58 Å². The van der Waals surface area contributed by atoms with E-state index < -0.39 is 0 Å². The number of ether oxygens (including phenoxy) is 1. The van der Waals surface area contributed by atoms with Crippen molar-refractivity contribution in [2.45, 2.75) is 12.8 Å². The highest BCUT2D eigenvalue weighted by Crippen LogP contribution is 1.84. The van der Waals surface area contributed by atoms with Crippen LogP contribution in [0.1, 0.15) is 12.8 Å². The molecule has 10 heavy (non-hydrogen) atoms. The third-order valence-electron chi connectivity index (χ3n) is 0.872. The lowest BCUT2D eigenvalue weighted by Crippen LogP contribution is -1.79.